The van der Waals surface area contributed by atoms with E-state index < -0.39 is 0 Å². The lowest BCUT2D eigenvalue weighted by Crippen LogP contribution is -2.30. The standard InChI is InChI=1S/C30H29NO3/c1-29(2)16-21-15-25(32-5)28-22(17-30(3,4)34-28)26(21)27(31-29)20-11-8-10-18(13-20)24-14-19-9-6-7-12-23(19)33-24/h6-15H,16-17H2,1-5H3. The van der Waals surface area contributed by atoms with Crippen molar-refractivity contribution < 1.29 is 13.9 Å². The molecule has 0 bridgehead atoms. The van der Waals surface area contributed by atoms with Gasteiger partial charge in [0.05, 0.1) is 18.4 Å². The number of ether oxygens (including phenoxy) is 2. The number of furan rings is 1. The second-order valence-corrected chi connectivity index (χ2v) is 10.6. The number of hydrogen-bond donors (Lipinski definition) is 0. The Morgan fingerprint density at radius 2 is 1.68 bits per heavy atom. The van der Waals surface area contributed by atoms with Crippen molar-refractivity contribution in [2.45, 2.75) is 51.7 Å². The van der Waals surface area contributed by atoms with Crippen LogP contribution in [-0.4, -0.2) is 24.0 Å². The van der Waals surface area contributed by atoms with Gasteiger partial charge in [0.2, 0.25) is 0 Å². The number of benzene rings is 3. The van der Waals surface area contributed by atoms with Crippen LogP contribution in [0.2, 0.25) is 0 Å². The Labute approximate surface area is 200 Å². The molecule has 6 rings (SSSR count). The number of aliphatic imine (C=N–C) groups is 1. The average Bonchev–Trinajstić information content (AvgIpc) is 3.37. The molecule has 0 spiro atoms. The number of hydrogen-bond acceptors (Lipinski definition) is 4. The molecule has 2 aliphatic rings. The van der Waals surface area contributed by atoms with Crippen molar-refractivity contribution in [2.75, 3.05) is 7.11 Å². The van der Waals surface area contributed by atoms with Crippen LogP contribution in [0.4, 0.5) is 0 Å². The van der Waals surface area contributed by atoms with Gasteiger partial charge in [0.15, 0.2) is 11.5 Å². The zero-order chi connectivity index (χ0) is 23.7. The molecule has 4 heteroatoms. The molecule has 0 aliphatic carbocycles. The molecule has 0 unspecified atom stereocenters. The lowest BCUT2D eigenvalue weighted by atomic mass is 9.80. The van der Waals surface area contributed by atoms with E-state index in [4.69, 9.17) is 18.9 Å². The molecule has 0 fully saturated rings. The highest BCUT2D eigenvalue weighted by atomic mass is 16.5. The van der Waals surface area contributed by atoms with E-state index in [1.807, 2.05) is 18.2 Å². The summed E-state index contributed by atoms with van der Waals surface area (Å²) in [5.74, 6) is 2.53. The topological polar surface area (TPSA) is 44.0 Å². The summed E-state index contributed by atoms with van der Waals surface area (Å²) in [6.45, 7) is 8.65. The van der Waals surface area contributed by atoms with E-state index in [1.165, 1.54) is 16.7 Å². The Morgan fingerprint density at radius 1 is 0.882 bits per heavy atom. The van der Waals surface area contributed by atoms with Crippen LogP contribution >= 0.6 is 0 Å². The highest BCUT2D eigenvalue weighted by molar-refractivity contribution is 6.16. The van der Waals surface area contributed by atoms with Crippen LogP contribution in [0.5, 0.6) is 11.5 Å². The van der Waals surface area contributed by atoms with Gasteiger partial charge in [0.1, 0.15) is 16.9 Å². The minimum Gasteiger partial charge on any atom is -0.493 e. The van der Waals surface area contributed by atoms with Gasteiger partial charge in [-0.15, -0.1) is 0 Å². The van der Waals surface area contributed by atoms with E-state index >= 15 is 0 Å². The highest BCUT2D eigenvalue weighted by Gasteiger charge is 2.39. The van der Waals surface area contributed by atoms with Crippen LogP contribution in [0.3, 0.4) is 0 Å². The molecule has 1 aromatic heterocycles. The van der Waals surface area contributed by atoms with E-state index in [0.29, 0.717) is 0 Å². The zero-order valence-corrected chi connectivity index (χ0v) is 20.4. The molecule has 0 N–H and O–H groups in total. The fourth-order valence-electron chi connectivity index (χ4n) is 5.37. The molecule has 34 heavy (non-hydrogen) atoms. The summed E-state index contributed by atoms with van der Waals surface area (Å²) >= 11 is 0. The SMILES string of the molecule is COc1cc2c(c3c1OC(C)(C)C3)C(c1cccc(-c3cc4ccccc4o3)c1)=NC(C)(C)C2. The maximum absolute atomic E-state index is 6.35. The van der Waals surface area contributed by atoms with Crippen molar-refractivity contribution >= 4 is 16.7 Å². The van der Waals surface area contributed by atoms with Gasteiger partial charge in [-0.05, 0) is 63.9 Å². The van der Waals surface area contributed by atoms with Gasteiger partial charge in [0, 0.05) is 34.1 Å². The van der Waals surface area contributed by atoms with E-state index in [1.54, 1.807) is 7.11 Å². The quantitative estimate of drug-likeness (QED) is 0.337. The van der Waals surface area contributed by atoms with Crippen LogP contribution in [-0.2, 0) is 12.8 Å². The first-order valence-corrected chi connectivity index (χ1v) is 11.8. The van der Waals surface area contributed by atoms with Gasteiger partial charge >= 0.3 is 0 Å². The van der Waals surface area contributed by atoms with Crippen LogP contribution in [0.15, 0.2) is 70.1 Å². The summed E-state index contributed by atoms with van der Waals surface area (Å²) in [5.41, 5.74) is 7.21. The fraction of sp³-hybridized carbons (Fsp3) is 0.300. The molecule has 0 atom stereocenters. The minimum absolute atomic E-state index is 0.216. The number of methoxy groups -OCH3 is 1. The Balaban J connectivity index is 1.53. The van der Waals surface area contributed by atoms with Gasteiger partial charge in [-0.25, -0.2) is 0 Å². The Morgan fingerprint density at radius 3 is 2.47 bits per heavy atom. The Kier molecular flexibility index (Phi) is 4.47. The van der Waals surface area contributed by atoms with Crippen molar-refractivity contribution in [3.05, 3.63) is 82.9 Å². The first kappa shape index (κ1) is 21.0. The van der Waals surface area contributed by atoms with Crippen LogP contribution < -0.4 is 9.47 Å². The number of nitrogens with zero attached hydrogens (tertiary/aromatic N) is 1. The third-order valence-electron chi connectivity index (χ3n) is 6.75. The van der Waals surface area contributed by atoms with Gasteiger partial charge in [-0.3, -0.25) is 4.99 Å². The summed E-state index contributed by atoms with van der Waals surface area (Å²) in [4.78, 5) is 5.27. The lowest BCUT2D eigenvalue weighted by molar-refractivity contribution is 0.134. The predicted octanol–water partition coefficient (Wildman–Crippen LogP) is 6.99. The molecule has 3 heterocycles. The third kappa shape index (κ3) is 3.40. The lowest BCUT2D eigenvalue weighted by Gasteiger charge is -2.31. The van der Waals surface area contributed by atoms with Crippen molar-refractivity contribution in [2.24, 2.45) is 4.99 Å². The first-order chi connectivity index (χ1) is 16.2. The van der Waals surface area contributed by atoms with E-state index in [9.17, 15) is 0 Å². The molecule has 3 aromatic carbocycles. The first-order valence-electron chi connectivity index (χ1n) is 11.8. The summed E-state index contributed by atoms with van der Waals surface area (Å²) in [5, 5.41) is 1.11. The molecule has 2 aliphatic heterocycles. The molecule has 0 amide bonds. The minimum atomic E-state index is -0.279. The van der Waals surface area contributed by atoms with Crippen molar-refractivity contribution in [1.29, 1.82) is 0 Å². The molecule has 4 nitrogen and oxygen atoms in total. The number of para-hydroxylation sites is 1. The van der Waals surface area contributed by atoms with Crippen LogP contribution in [0.25, 0.3) is 22.3 Å². The fourth-order valence-corrected chi connectivity index (χ4v) is 5.37. The van der Waals surface area contributed by atoms with Crippen molar-refractivity contribution in [3.8, 4) is 22.8 Å². The summed E-state index contributed by atoms with van der Waals surface area (Å²) in [6.07, 6.45) is 1.68. The van der Waals surface area contributed by atoms with Gasteiger partial charge < -0.3 is 13.9 Å². The normalized spacial score (nSPS) is 17.6. The second-order valence-electron chi connectivity index (χ2n) is 10.6. The number of fused-ring (bicyclic) bond motifs is 4. The monoisotopic (exact) mass is 451 g/mol. The second kappa shape index (κ2) is 7.23. The van der Waals surface area contributed by atoms with Crippen LogP contribution in [0, 0.1) is 0 Å². The van der Waals surface area contributed by atoms with E-state index in [0.717, 1.165) is 57.9 Å². The van der Waals surface area contributed by atoms with Gasteiger partial charge in [-0.2, -0.15) is 0 Å². The summed E-state index contributed by atoms with van der Waals surface area (Å²) in [7, 11) is 1.72. The van der Waals surface area contributed by atoms with Crippen molar-refractivity contribution in [1.82, 2.24) is 0 Å². The van der Waals surface area contributed by atoms with E-state index in [2.05, 4.69) is 70.2 Å². The van der Waals surface area contributed by atoms with Gasteiger partial charge in [0.25, 0.3) is 0 Å². The molecule has 0 saturated heterocycles. The van der Waals surface area contributed by atoms with Crippen LogP contribution in [0.1, 0.15) is 49.9 Å². The molecule has 0 saturated carbocycles. The maximum Gasteiger partial charge on any atom is 0.166 e. The largest absolute Gasteiger partial charge is 0.493 e. The molecular weight excluding hydrogens is 422 g/mol. The van der Waals surface area contributed by atoms with Crippen molar-refractivity contribution in [3.63, 3.8) is 0 Å². The average molecular weight is 452 g/mol. The van der Waals surface area contributed by atoms with Gasteiger partial charge in [-0.1, -0.05) is 36.4 Å². The number of rotatable bonds is 3. The van der Waals surface area contributed by atoms with E-state index in [-0.39, 0.29) is 11.1 Å². The Hall–Kier alpha value is -3.53. The smallest absolute Gasteiger partial charge is 0.166 e. The molecule has 4 aromatic rings. The third-order valence-corrected chi connectivity index (χ3v) is 6.75. The zero-order valence-electron chi connectivity index (χ0n) is 20.4. The molecule has 0 radical (unpaired) electrons. The summed E-state index contributed by atoms with van der Waals surface area (Å²) < 4.78 is 18.3. The molecular formula is C30H29NO3. The predicted molar refractivity (Wildman–Crippen MR) is 136 cm³/mol. The Bertz CT molecular complexity index is 1440. The summed E-state index contributed by atoms with van der Waals surface area (Å²) in [6, 6.07) is 20.9. The molecule has 172 valence electrons. The highest BCUT2D eigenvalue weighted by Crippen LogP contribution is 2.48. The maximum atomic E-state index is 6.35.